The van der Waals surface area contributed by atoms with Crippen LogP contribution in [0.15, 0.2) is 85.0 Å². The summed E-state index contributed by atoms with van der Waals surface area (Å²) in [6, 6.07) is 13.6. The van der Waals surface area contributed by atoms with Crippen molar-refractivity contribution in [3.8, 4) is 22.3 Å². The maximum absolute atomic E-state index is 4.28. The third-order valence-electron chi connectivity index (χ3n) is 8.20. The van der Waals surface area contributed by atoms with Gasteiger partial charge < -0.3 is 0 Å². The Kier molecular flexibility index (Phi) is 7.86. The Morgan fingerprint density at radius 3 is 1.37 bits per heavy atom. The van der Waals surface area contributed by atoms with Gasteiger partial charge in [0.05, 0.1) is 0 Å². The minimum Gasteiger partial charge on any atom is -0.147 e. The van der Waals surface area contributed by atoms with Gasteiger partial charge in [-0.3, -0.25) is 0 Å². The van der Waals surface area contributed by atoms with Crippen molar-refractivity contribution in [2.45, 2.75) is 30.4 Å². The summed E-state index contributed by atoms with van der Waals surface area (Å²) in [5.41, 5.74) is 13.3. The first-order valence-corrected chi connectivity index (χ1v) is 26.1. The Morgan fingerprint density at radius 2 is 1.00 bits per heavy atom. The number of rotatable bonds is 4. The summed E-state index contributed by atoms with van der Waals surface area (Å²) in [4.78, 5) is 17.1. The van der Waals surface area contributed by atoms with E-state index in [1.165, 1.54) is 44.5 Å². The van der Waals surface area contributed by atoms with Gasteiger partial charge in [0.2, 0.25) is 0 Å². The summed E-state index contributed by atoms with van der Waals surface area (Å²) in [7, 11) is 0. The molecule has 2 aliphatic carbocycles. The summed E-state index contributed by atoms with van der Waals surface area (Å²) in [6.45, 7) is 7.06. The number of aromatic nitrogens is 4. The van der Waals surface area contributed by atoms with Gasteiger partial charge in [0, 0.05) is 0 Å². The predicted molar refractivity (Wildman–Crippen MR) is 162 cm³/mol. The van der Waals surface area contributed by atoms with Gasteiger partial charge in [-0.2, -0.15) is 0 Å². The number of halogens is 2. The van der Waals surface area contributed by atoms with Gasteiger partial charge in [-0.1, -0.05) is 0 Å². The maximum Gasteiger partial charge on any atom is -0.147 e. The third kappa shape index (κ3) is 4.50. The molecule has 0 amide bonds. The van der Waals surface area contributed by atoms with Crippen LogP contribution < -0.4 is 0 Å². The Bertz CT molecular complexity index is 1530. The second kappa shape index (κ2) is 10.4. The van der Waals surface area contributed by atoms with E-state index in [9.17, 15) is 0 Å². The summed E-state index contributed by atoms with van der Waals surface area (Å²) in [5, 5.41) is 0. The van der Waals surface area contributed by atoms with Crippen LogP contribution in [0.1, 0.15) is 43.4 Å². The smallest absolute Gasteiger partial charge is 0.147 e. The third-order valence-corrected chi connectivity index (χ3v) is 26.1. The molecule has 2 atom stereocenters. The van der Waals surface area contributed by atoms with Crippen LogP contribution in [0.2, 0.25) is 9.26 Å². The first-order valence-electron chi connectivity index (χ1n) is 12.4. The molecule has 0 fully saturated rings. The molecule has 2 aliphatic rings. The molecule has 8 heteroatoms. The molecule has 0 saturated heterocycles. The average Bonchev–Trinajstić information content (AvgIpc) is 3.41. The topological polar surface area (TPSA) is 51.6 Å². The second-order valence-corrected chi connectivity index (χ2v) is 41.9. The van der Waals surface area contributed by atoms with Crippen LogP contribution in [0.5, 0.6) is 0 Å². The van der Waals surface area contributed by atoms with Crippen LogP contribution >= 0.6 is 24.8 Å². The number of allylic oxidation sites excluding steroid dienone is 2. The van der Waals surface area contributed by atoms with Gasteiger partial charge in [-0.25, -0.2) is 0 Å². The molecule has 4 nitrogen and oxygen atoms in total. The standard InChI is InChI=1S/2C14H11N2.2CH3.2ClH.H2Si.Zr/c2*1-10-5-11-3-2-4-13(14(11)6-10)12-7-15-9-16-8-12;;;;;;/h2*2-9H,1H3;2*1H3;2*1H;1H2;. The van der Waals surface area contributed by atoms with E-state index >= 15 is 0 Å². The molecule has 194 valence electrons. The van der Waals surface area contributed by atoms with E-state index in [-0.39, 0.29) is 24.8 Å². The van der Waals surface area contributed by atoms with E-state index in [1.807, 2.05) is 24.8 Å². The fourth-order valence-electron chi connectivity index (χ4n) is 7.17. The van der Waals surface area contributed by atoms with Crippen molar-refractivity contribution in [2.75, 3.05) is 0 Å². The zero-order valence-corrected chi connectivity index (χ0v) is 27.6. The Morgan fingerprint density at radius 1 is 0.632 bits per heavy atom. The van der Waals surface area contributed by atoms with E-state index < -0.39 is 17.4 Å². The van der Waals surface area contributed by atoms with Crippen LogP contribution in [0.3, 0.4) is 0 Å². The molecule has 2 heterocycles. The molecule has 0 N–H and O–H groups in total. The number of nitrogens with zero attached hydrogens (tertiary/aromatic N) is 4. The molecule has 2 aromatic carbocycles. The van der Waals surface area contributed by atoms with E-state index in [0.717, 1.165) is 11.1 Å². The van der Waals surface area contributed by atoms with Gasteiger partial charge >= 0.3 is 216 Å². The number of benzene rings is 2. The van der Waals surface area contributed by atoms with Gasteiger partial charge in [0.25, 0.3) is 0 Å². The van der Waals surface area contributed by atoms with Crippen molar-refractivity contribution in [3.63, 3.8) is 0 Å². The molecule has 6 rings (SSSR count). The average molecular weight is 639 g/mol. The SMILES string of the molecule is CC1=Cc2c(-c3cncnc3)cccc2[CH]1[Zr]([CH3])([CH3])(=[SiH2])[CH]1C(C)=Cc2c(-c3cncnc3)cccc21.Cl.Cl. The van der Waals surface area contributed by atoms with Crippen molar-refractivity contribution in [1.29, 1.82) is 0 Å². The van der Waals surface area contributed by atoms with E-state index in [4.69, 9.17) is 0 Å². The number of fused-ring (bicyclic) bond motifs is 2. The van der Waals surface area contributed by atoms with Crippen LogP contribution in [-0.4, -0.2) is 26.8 Å². The van der Waals surface area contributed by atoms with Crippen LogP contribution in [0.4, 0.5) is 0 Å². The van der Waals surface area contributed by atoms with Crippen molar-refractivity contribution >= 4 is 43.8 Å². The molecule has 0 spiro atoms. The Hall–Kier alpha value is -2.24. The zero-order chi connectivity index (χ0) is 25.1. The zero-order valence-electron chi connectivity index (χ0n) is 22.1. The maximum atomic E-state index is 4.28. The van der Waals surface area contributed by atoms with Gasteiger partial charge in [-0.15, -0.1) is 24.8 Å². The van der Waals surface area contributed by atoms with Crippen LogP contribution in [0, 0.1) is 0 Å². The van der Waals surface area contributed by atoms with Crippen molar-refractivity contribution < 1.29 is 17.4 Å². The fraction of sp³-hybridized carbons (Fsp3) is 0.200. The summed E-state index contributed by atoms with van der Waals surface area (Å²) >= 11 is -3.54. The minimum absolute atomic E-state index is 0. The molecule has 4 aromatic rings. The van der Waals surface area contributed by atoms with E-state index in [0.29, 0.717) is 7.25 Å². The second-order valence-electron chi connectivity index (χ2n) is 11.5. The summed E-state index contributed by atoms with van der Waals surface area (Å²) in [5.74, 6) is 0. The number of hydrogen-bond donors (Lipinski definition) is 0. The minimum atomic E-state index is -3.54. The normalized spacial score (nSPS) is 17.9. The van der Waals surface area contributed by atoms with Crippen LogP contribution in [0.25, 0.3) is 34.4 Å². The largest absolute Gasteiger partial charge is 0.147 e. The molecule has 0 bridgehead atoms. The van der Waals surface area contributed by atoms with Crippen LogP contribution in [-0.2, 0) is 17.4 Å². The fourth-order valence-corrected chi connectivity index (χ4v) is 28.4. The summed E-state index contributed by atoms with van der Waals surface area (Å²) < 4.78 is 6.30. The molecular formula is C30H32Cl2N4SiZr. The van der Waals surface area contributed by atoms with Crippen molar-refractivity contribution in [1.82, 2.24) is 19.9 Å². The first kappa shape index (κ1) is 28.8. The molecule has 38 heavy (non-hydrogen) atoms. The molecule has 2 unspecified atom stereocenters. The number of hydrogen-bond acceptors (Lipinski definition) is 4. The molecule has 0 aliphatic heterocycles. The first-order chi connectivity index (χ1) is 17.2. The molecule has 2 aromatic heterocycles. The van der Waals surface area contributed by atoms with Gasteiger partial charge in [0.1, 0.15) is 0 Å². The van der Waals surface area contributed by atoms with Crippen molar-refractivity contribution in [3.05, 3.63) is 107 Å². The quantitative estimate of drug-likeness (QED) is 0.219. The predicted octanol–water partition coefficient (Wildman–Crippen LogP) is 7.39. The Labute approximate surface area is 239 Å². The van der Waals surface area contributed by atoms with E-state index in [2.05, 4.69) is 98.5 Å². The molecule has 0 radical (unpaired) electrons. The van der Waals surface area contributed by atoms with Gasteiger partial charge in [-0.05, 0) is 0 Å². The molecule has 0 saturated carbocycles. The summed E-state index contributed by atoms with van der Waals surface area (Å²) in [6.07, 6.45) is 15.8. The molecular weight excluding hydrogens is 607 g/mol. The van der Waals surface area contributed by atoms with Gasteiger partial charge in [0.15, 0.2) is 0 Å². The van der Waals surface area contributed by atoms with Crippen molar-refractivity contribution in [2.24, 2.45) is 0 Å². The van der Waals surface area contributed by atoms with E-state index in [1.54, 1.807) is 12.7 Å². The Balaban J connectivity index is 0.00000168. The monoisotopic (exact) mass is 636 g/mol.